The van der Waals surface area contributed by atoms with E-state index < -0.39 is 56.0 Å². The second-order valence-electron chi connectivity index (χ2n) is 8.09. The highest BCUT2D eigenvalue weighted by atomic mass is 35.5. The molecule has 1 unspecified atom stereocenters. The summed E-state index contributed by atoms with van der Waals surface area (Å²) in [5, 5.41) is 13.6. The number of hydrogen-bond acceptors (Lipinski definition) is 11. The molecule has 36 heavy (non-hydrogen) atoms. The number of anilines is 1. The molecular weight excluding hydrogens is 517 g/mol. The summed E-state index contributed by atoms with van der Waals surface area (Å²) in [4.78, 5) is 32.0. The first-order valence-corrected chi connectivity index (χ1v) is 12.6. The number of nitrogens with one attached hydrogen (secondary N) is 1. The van der Waals surface area contributed by atoms with E-state index >= 15 is 0 Å². The van der Waals surface area contributed by atoms with Crippen LogP contribution in [0.4, 0.5) is 5.82 Å². The molecule has 0 spiro atoms. The minimum absolute atomic E-state index is 0.00593. The number of aliphatic imine (C=N–C) groups is 1. The summed E-state index contributed by atoms with van der Waals surface area (Å²) in [6.45, 7) is 5.94. The highest BCUT2D eigenvalue weighted by Crippen LogP contribution is 2.48. The van der Waals surface area contributed by atoms with Gasteiger partial charge in [-0.1, -0.05) is 23.7 Å². The minimum atomic E-state index is -4.30. The van der Waals surface area contributed by atoms with Crippen LogP contribution in [-0.2, 0) is 23.4 Å². The van der Waals surface area contributed by atoms with Crippen LogP contribution in [0.25, 0.3) is 0 Å². The molecule has 1 aliphatic rings. The molecule has 0 radical (unpaired) electrons. The Morgan fingerprint density at radius 3 is 2.78 bits per heavy atom. The third-order valence-electron chi connectivity index (χ3n) is 5.57. The number of halogens is 1. The van der Waals surface area contributed by atoms with Crippen LogP contribution in [0.1, 0.15) is 20.1 Å². The summed E-state index contributed by atoms with van der Waals surface area (Å²) in [5.74, 6) is -0.696. The monoisotopic (exact) mass is 543 g/mol. The molecule has 2 aromatic rings. The van der Waals surface area contributed by atoms with Gasteiger partial charge >= 0.3 is 19.4 Å². The molecular formula is C21H27ClN5O8P. The Balaban J connectivity index is 1.86. The minimum Gasteiger partial charge on any atom is -0.468 e. The number of rotatable bonds is 10. The van der Waals surface area contributed by atoms with Crippen LogP contribution in [0.5, 0.6) is 5.75 Å². The predicted octanol–water partition coefficient (Wildman–Crippen LogP) is 1.55. The number of aromatic nitrogens is 2. The van der Waals surface area contributed by atoms with E-state index in [2.05, 4.69) is 26.5 Å². The Morgan fingerprint density at radius 2 is 2.17 bits per heavy atom. The molecule has 1 saturated heterocycles. The third kappa shape index (κ3) is 5.77. The quantitative estimate of drug-likeness (QED) is 0.225. The molecule has 0 bridgehead atoms. The summed E-state index contributed by atoms with van der Waals surface area (Å²) in [7, 11) is -3.13. The Hall–Kier alpha value is -2.80. The Morgan fingerprint density at radius 1 is 1.47 bits per heavy atom. The molecule has 1 aromatic heterocycles. The molecule has 1 fully saturated rings. The number of carbonyl (C=O) groups excluding carboxylic acids is 1. The maximum absolute atomic E-state index is 13.6. The normalized spacial score (nSPS) is 26.1. The zero-order valence-corrected chi connectivity index (χ0v) is 21.4. The molecule has 1 aliphatic heterocycles. The molecule has 4 N–H and O–H groups in total. The number of hydrogen-bond donors (Lipinski definition) is 3. The molecule has 15 heteroatoms. The van der Waals surface area contributed by atoms with Gasteiger partial charge in [0, 0.05) is 6.20 Å². The molecule has 3 rings (SSSR count). The van der Waals surface area contributed by atoms with Crippen LogP contribution >= 0.6 is 19.3 Å². The molecule has 0 amide bonds. The second-order valence-corrected chi connectivity index (χ2v) is 10.2. The number of nitrogens with zero attached hydrogens (tertiary/aromatic N) is 3. The molecule has 0 saturated carbocycles. The number of aliphatic hydroxyl groups is 1. The fraction of sp³-hybridized carbons (Fsp3) is 0.429. The number of para-hydroxylation sites is 1. The van der Waals surface area contributed by atoms with Crippen molar-refractivity contribution in [2.24, 2.45) is 4.99 Å². The van der Waals surface area contributed by atoms with Gasteiger partial charge in [0.15, 0.2) is 6.23 Å². The average molecular weight is 544 g/mol. The van der Waals surface area contributed by atoms with Gasteiger partial charge in [-0.2, -0.15) is 10.1 Å². The first kappa shape index (κ1) is 27.8. The predicted molar refractivity (Wildman–Crippen MR) is 131 cm³/mol. The zero-order valence-electron chi connectivity index (χ0n) is 19.7. The van der Waals surface area contributed by atoms with E-state index in [9.17, 15) is 19.3 Å². The van der Waals surface area contributed by atoms with E-state index in [-0.39, 0.29) is 16.6 Å². The maximum atomic E-state index is 13.6. The number of esters is 1. The van der Waals surface area contributed by atoms with E-state index in [1.807, 2.05) is 0 Å². The number of nitrogens with two attached hydrogens (primary N) is 1. The van der Waals surface area contributed by atoms with E-state index in [1.54, 1.807) is 12.1 Å². The number of benzene rings is 1. The highest BCUT2D eigenvalue weighted by Gasteiger charge is 2.54. The molecule has 6 atom stereocenters. The second kappa shape index (κ2) is 11.1. The Labute approximate surface area is 211 Å². The summed E-state index contributed by atoms with van der Waals surface area (Å²) in [6.07, 6.45) is -2.28. The smallest absolute Gasteiger partial charge is 0.459 e. The fourth-order valence-corrected chi connectivity index (χ4v) is 5.28. The molecule has 196 valence electrons. The number of aliphatic hydroxyl groups excluding tert-OH is 1. The van der Waals surface area contributed by atoms with Gasteiger partial charge < -0.3 is 24.8 Å². The summed E-state index contributed by atoms with van der Waals surface area (Å²) in [6, 6.07) is 6.51. The van der Waals surface area contributed by atoms with Crippen molar-refractivity contribution < 1.29 is 33.0 Å². The number of nitrogen functional groups attached to an aromatic ring is 1. The fourth-order valence-electron chi connectivity index (χ4n) is 3.53. The standard InChI is InChI=1S/C21H27ClN5O8P/c1-12(18(29)32-4)26-36(31,35-14-8-6-5-7-13(14)22)33-11-15-17(28)21(2,24-3)19(34-15)27-10-9-16(23)25-20(27)30/h5-10,12,15,17,19,28H,3,11H2,1-2,4H3,(H,26,31)(H2,23,25,30)/t12-,15+,17+,19+,21+,36?/m0/s1. The van der Waals surface area contributed by atoms with Crippen molar-refractivity contribution in [3.63, 3.8) is 0 Å². The van der Waals surface area contributed by atoms with Crippen molar-refractivity contribution >= 4 is 37.9 Å². The third-order valence-corrected chi connectivity index (χ3v) is 7.51. The largest absolute Gasteiger partial charge is 0.468 e. The van der Waals surface area contributed by atoms with Gasteiger partial charge in [0.25, 0.3) is 0 Å². The van der Waals surface area contributed by atoms with Crippen molar-refractivity contribution in [3.05, 3.63) is 52.0 Å². The van der Waals surface area contributed by atoms with Crippen LogP contribution in [0.2, 0.25) is 5.02 Å². The van der Waals surface area contributed by atoms with Crippen LogP contribution in [0.15, 0.2) is 46.3 Å². The zero-order chi connectivity index (χ0) is 26.7. The van der Waals surface area contributed by atoms with Gasteiger partial charge in [0.2, 0.25) is 0 Å². The van der Waals surface area contributed by atoms with Crippen molar-refractivity contribution in [3.8, 4) is 5.75 Å². The topological polar surface area (TPSA) is 177 Å². The van der Waals surface area contributed by atoms with Gasteiger partial charge in [-0.3, -0.25) is 18.9 Å². The van der Waals surface area contributed by atoms with Crippen molar-refractivity contribution in [1.29, 1.82) is 0 Å². The van der Waals surface area contributed by atoms with E-state index in [1.165, 1.54) is 45.4 Å². The van der Waals surface area contributed by atoms with Crippen LogP contribution < -0.4 is 21.0 Å². The van der Waals surface area contributed by atoms with Crippen LogP contribution in [-0.4, -0.2) is 64.8 Å². The molecule has 0 aliphatic carbocycles. The SMILES string of the molecule is C=N[C@]1(C)[C@H](O)[C@@H](COP(=O)(N[C@@H](C)C(=O)OC)Oc2ccccc2Cl)O[C@H]1n1ccc(N)nc1=O. The molecule has 2 heterocycles. The Bertz CT molecular complexity index is 1230. The van der Waals surface area contributed by atoms with Crippen LogP contribution in [0, 0.1) is 0 Å². The molecule has 1 aromatic carbocycles. The first-order valence-electron chi connectivity index (χ1n) is 10.6. The van der Waals surface area contributed by atoms with Crippen molar-refractivity contribution in [1.82, 2.24) is 14.6 Å². The van der Waals surface area contributed by atoms with Gasteiger partial charge in [-0.15, -0.1) is 0 Å². The summed E-state index contributed by atoms with van der Waals surface area (Å²) < 4.78 is 36.4. The Kier molecular flexibility index (Phi) is 8.55. The van der Waals surface area contributed by atoms with Crippen LogP contribution in [0.3, 0.4) is 0 Å². The average Bonchev–Trinajstić information content (AvgIpc) is 3.09. The summed E-state index contributed by atoms with van der Waals surface area (Å²) >= 11 is 6.12. The maximum Gasteiger partial charge on any atom is 0.459 e. The lowest BCUT2D eigenvalue weighted by molar-refractivity contribution is -0.142. The highest BCUT2D eigenvalue weighted by molar-refractivity contribution is 7.52. The van der Waals surface area contributed by atoms with Gasteiger partial charge in [-0.25, -0.2) is 9.36 Å². The van der Waals surface area contributed by atoms with E-state index in [4.69, 9.17) is 31.1 Å². The number of ether oxygens (including phenoxy) is 2. The summed E-state index contributed by atoms with van der Waals surface area (Å²) in [5.41, 5.74) is 3.42. The van der Waals surface area contributed by atoms with Gasteiger partial charge in [-0.05, 0) is 38.8 Å². The van der Waals surface area contributed by atoms with Crippen molar-refractivity contribution in [2.75, 3.05) is 19.5 Å². The van der Waals surface area contributed by atoms with Gasteiger partial charge in [0.1, 0.15) is 35.4 Å². The van der Waals surface area contributed by atoms with Gasteiger partial charge in [0.05, 0.1) is 18.7 Å². The first-order chi connectivity index (χ1) is 16.9. The van der Waals surface area contributed by atoms with E-state index in [0.29, 0.717) is 0 Å². The van der Waals surface area contributed by atoms with E-state index in [0.717, 1.165) is 4.57 Å². The lowest BCUT2D eigenvalue weighted by Gasteiger charge is -2.28. The lowest BCUT2D eigenvalue weighted by atomic mass is 9.93. The number of carbonyl (C=O) groups is 1. The number of methoxy groups -OCH3 is 1. The lowest BCUT2D eigenvalue weighted by Crippen LogP contribution is -2.45. The molecule has 13 nitrogen and oxygen atoms in total. The van der Waals surface area contributed by atoms with Crippen molar-refractivity contribution in [2.45, 2.75) is 43.9 Å².